The third-order valence-corrected chi connectivity index (χ3v) is 3.54. The highest BCUT2D eigenvalue weighted by Crippen LogP contribution is 2.14. The van der Waals surface area contributed by atoms with Crippen molar-refractivity contribution in [3.8, 4) is 0 Å². The summed E-state index contributed by atoms with van der Waals surface area (Å²) in [5.41, 5.74) is 1.78. The zero-order chi connectivity index (χ0) is 17.5. The van der Waals surface area contributed by atoms with Gasteiger partial charge < -0.3 is 15.7 Å². The number of amides is 1. The van der Waals surface area contributed by atoms with Crippen LogP contribution in [-0.4, -0.2) is 28.0 Å². The lowest BCUT2D eigenvalue weighted by Gasteiger charge is -2.19. The van der Waals surface area contributed by atoms with E-state index in [0.717, 1.165) is 5.56 Å². The first-order valence-electron chi connectivity index (χ1n) is 7.75. The minimum atomic E-state index is -0.933. The van der Waals surface area contributed by atoms with Crippen LogP contribution < -0.4 is 10.6 Å². The van der Waals surface area contributed by atoms with Crippen molar-refractivity contribution in [1.82, 2.24) is 10.3 Å². The minimum Gasteiger partial charge on any atom is -0.480 e. The zero-order valence-corrected chi connectivity index (χ0v) is 13.7. The van der Waals surface area contributed by atoms with Crippen LogP contribution in [0.1, 0.15) is 29.9 Å². The predicted octanol–water partition coefficient (Wildman–Crippen LogP) is 2.53. The smallest absolute Gasteiger partial charge is 0.326 e. The van der Waals surface area contributed by atoms with Gasteiger partial charge in [-0.1, -0.05) is 44.2 Å². The fraction of sp³-hybridized carbons (Fsp3) is 0.278. The molecular formula is C18H21N3O3. The summed E-state index contributed by atoms with van der Waals surface area (Å²) in [5, 5.41) is 15.0. The Bertz CT molecular complexity index is 702. The molecule has 0 unspecified atom stereocenters. The molecule has 0 fully saturated rings. The Kier molecular flexibility index (Phi) is 5.89. The first-order chi connectivity index (χ1) is 11.5. The largest absolute Gasteiger partial charge is 0.480 e. The van der Waals surface area contributed by atoms with Gasteiger partial charge in [0.05, 0.1) is 0 Å². The molecule has 1 atom stereocenters. The van der Waals surface area contributed by atoms with Gasteiger partial charge in [-0.05, 0) is 23.6 Å². The summed E-state index contributed by atoms with van der Waals surface area (Å²) in [5.74, 6) is -1.33. The van der Waals surface area contributed by atoms with Gasteiger partial charge in [0, 0.05) is 18.4 Å². The molecule has 1 aromatic heterocycles. The van der Waals surface area contributed by atoms with Crippen molar-refractivity contribution in [2.45, 2.75) is 26.4 Å². The van der Waals surface area contributed by atoms with E-state index >= 15 is 0 Å². The summed E-state index contributed by atoms with van der Waals surface area (Å²) in [7, 11) is 0. The molecule has 126 valence electrons. The molecule has 2 aromatic rings. The van der Waals surface area contributed by atoms with Crippen LogP contribution >= 0.6 is 0 Å². The number of carbonyl (C=O) groups is 2. The number of rotatable bonds is 7. The van der Waals surface area contributed by atoms with Crippen LogP contribution in [0.2, 0.25) is 0 Å². The van der Waals surface area contributed by atoms with E-state index in [1.165, 1.54) is 6.20 Å². The quantitative estimate of drug-likeness (QED) is 0.727. The van der Waals surface area contributed by atoms with Gasteiger partial charge in [0.25, 0.3) is 5.91 Å². The summed E-state index contributed by atoms with van der Waals surface area (Å²) in [6.07, 6.45) is 1.49. The molecule has 0 aliphatic rings. The van der Waals surface area contributed by atoms with Gasteiger partial charge in [-0.3, -0.25) is 9.78 Å². The Morgan fingerprint density at radius 3 is 2.50 bits per heavy atom. The topological polar surface area (TPSA) is 91.3 Å². The second-order valence-corrected chi connectivity index (χ2v) is 5.80. The molecule has 0 bridgehead atoms. The molecule has 6 nitrogen and oxygen atoms in total. The minimum absolute atomic E-state index is 0.0916. The fourth-order valence-electron chi connectivity index (χ4n) is 2.21. The summed E-state index contributed by atoms with van der Waals surface area (Å²) < 4.78 is 0. The molecular weight excluding hydrogens is 306 g/mol. The van der Waals surface area contributed by atoms with Gasteiger partial charge in [-0.2, -0.15) is 0 Å². The lowest BCUT2D eigenvalue weighted by molar-refractivity contribution is -0.138. The first kappa shape index (κ1) is 17.5. The molecule has 1 heterocycles. The van der Waals surface area contributed by atoms with E-state index in [2.05, 4.69) is 15.6 Å². The molecule has 0 spiro atoms. The lowest BCUT2D eigenvalue weighted by atomic mass is 10.0. The normalized spacial score (nSPS) is 11.8. The molecule has 3 N–H and O–H groups in total. The maximum Gasteiger partial charge on any atom is 0.326 e. The molecule has 1 aromatic carbocycles. The van der Waals surface area contributed by atoms with E-state index in [1.807, 2.05) is 44.2 Å². The van der Waals surface area contributed by atoms with E-state index < -0.39 is 12.0 Å². The van der Waals surface area contributed by atoms with Crippen LogP contribution in [0.3, 0.4) is 0 Å². The Balaban J connectivity index is 2.03. The van der Waals surface area contributed by atoms with E-state index in [1.54, 1.807) is 12.1 Å². The molecule has 0 aliphatic carbocycles. The van der Waals surface area contributed by atoms with Crippen molar-refractivity contribution in [1.29, 1.82) is 0 Å². The van der Waals surface area contributed by atoms with Crippen molar-refractivity contribution < 1.29 is 14.7 Å². The van der Waals surface area contributed by atoms with Gasteiger partial charge in [0.15, 0.2) is 0 Å². The van der Waals surface area contributed by atoms with Crippen LogP contribution in [0.5, 0.6) is 0 Å². The van der Waals surface area contributed by atoms with Crippen molar-refractivity contribution in [2.24, 2.45) is 5.92 Å². The van der Waals surface area contributed by atoms with E-state index in [4.69, 9.17) is 0 Å². The van der Waals surface area contributed by atoms with E-state index in [0.29, 0.717) is 12.2 Å². The number of nitrogens with zero attached hydrogens (tertiary/aromatic N) is 1. The molecule has 1 amide bonds. The van der Waals surface area contributed by atoms with Crippen molar-refractivity contribution in [3.63, 3.8) is 0 Å². The SMILES string of the molecule is CC(C)[C@@H](Nc1ccnc(C(=O)NCc2ccccc2)c1)C(=O)O. The number of nitrogens with one attached hydrogen (secondary N) is 2. The average Bonchev–Trinajstić information content (AvgIpc) is 2.58. The number of carboxylic acids is 1. The molecule has 0 aliphatic heterocycles. The highest BCUT2D eigenvalue weighted by molar-refractivity contribution is 5.93. The fourth-order valence-corrected chi connectivity index (χ4v) is 2.21. The average molecular weight is 327 g/mol. The number of anilines is 1. The molecule has 24 heavy (non-hydrogen) atoms. The van der Waals surface area contributed by atoms with Gasteiger partial charge in [0.1, 0.15) is 11.7 Å². The molecule has 2 rings (SSSR count). The third-order valence-electron chi connectivity index (χ3n) is 3.54. The van der Waals surface area contributed by atoms with Crippen molar-refractivity contribution >= 4 is 17.6 Å². The zero-order valence-electron chi connectivity index (χ0n) is 13.7. The molecule has 0 radical (unpaired) electrons. The van der Waals surface area contributed by atoms with Gasteiger partial charge in [0.2, 0.25) is 0 Å². The monoisotopic (exact) mass is 327 g/mol. The number of carboxylic acid groups (broad SMARTS) is 1. The standard InChI is InChI=1S/C18H21N3O3/c1-12(2)16(18(23)24)21-14-8-9-19-15(10-14)17(22)20-11-13-6-4-3-5-7-13/h3-10,12,16H,11H2,1-2H3,(H,19,21)(H,20,22)(H,23,24)/t16-/m1/s1. The Morgan fingerprint density at radius 2 is 1.88 bits per heavy atom. The summed E-state index contributed by atoms with van der Waals surface area (Å²) in [6, 6.07) is 12.0. The van der Waals surface area contributed by atoms with Gasteiger partial charge in [-0.15, -0.1) is 0 Å². The summed E-state index contributed by atoms with van der Waals surface area (Å²) in [6.45, 7) is 4.05. The number of aliphatic carboxylic acids is 1. The predicted molar refractivity (Wildman–Crippen MR) is 91.7 cm³/mol. The summed E-state index contributed by atoms with van der Waals surface area (Å²) >= 11 is 0. The highest BCUT2D eigenvalue weighted by Gasteiger charge is 2.21. The number of benzene rings is 1. The van der Waals surface area contributed by atoms with Crippen LogP contribution in [0.4, 0.5) is 5.69 Å². The second kappa shape index (κ2) is 8.10. The number of pyridine rings is 1. The molecule has 6 heteroatoms. The van der Waals surface area contributed by atoms with Gasteiger partial charge >= 0.3 is 5.97 Å². The van der Waals surface area contributed by atoms with Crippen molar-refractivity contribution in [3.05, 3.63) is 59.9 Å². The van der Waals surface area contributed by atoms with E-state index in [9.17, 15) is 14.7 Å². The highest BCUT2D eigenvalue weighted by atomic mass is 16.4. The van der Waals surface area contributed by atoms with Crippen LogP contribution in [0.15, 0.2) is 48.7 Å². The number of carbonyl (C=O) groups excluding carboxylic acids is 1. The van der Waals surface area contributed by atoms with Crippen LogP contribution in [0, 0.1) is 5.92 Å². The maximum absolute atomic E-state index is 12.2. The first-order valence-corrected chi connectivity index (χ1v) is 7.75. The molecule has 0 saturated carbocycles. The van der Waals surface area contributed by atoms with Gasteiger partial charge in [-0.25, -0.2) is 4.79 Å². The number of hydrogen-bond donors (Lipinski definition) is 3. The van der Waals surface area contributed by atoms with Crippen LogP contribution in [0.25, 0.3) is 0 Å². The second-order valence-electron chi connectivity index (χ2n) is 5.80. The number of hydrogen-bond acceptors (Lipinski definition) is 4. The summed E-state index contributed by atoms with van der Waals surface area (Å²) in [4.78, 5) is 27.5. The van der Waals surface area contributed by atoms with Crippen molar-refractivity contribution in [2.75, 3.05) is 5.32 Å². The third kappa shape index (κ3) is 4.81. The Hall–Kier alpha value is -2.89. The Morgan fingerprint density at radius 1 is 1.17 bits per heavy atom. The van der Waals surface area contributed by atoms with Crippen LogP contribution in [-0.2, 0) is 11.3 Å². The Labute approximate surface area is 140 Å². The van der Waals surface area contributed by atoms with E-state index in [-0.39, 0.29) is 17.5 Å². The maximum atomic E-state index is 12.2. The molecule has 0 saturated heterocycles. The lowest BCUT2D eigenvalue weighted by Crippen LogP contribution is -2.34. The number of aromatic nitrogens is 1.